The van der Waals surface area contributed by atoms with Crippen LogP contribution < -0.4 is 0 Å². The molecule has 0 saturated carbocycles. The van der Waals surface area contributed by atoms with Crippen LogP contribution in [0.4, 0.5) is 0 Å². The largest absolute Gasteiger partial charge is 0.478 e. The fourth-order valence-corrected chi connectivity index (χ4v) is 2.04. The Kier molecular flexibility index (Phi) is 3.46. The molecule has 0 aliphatic carbocycles. The highest BCUT2D eigenvalue weighted by Gasteiger charge is 2.10. The second-order valence-corrected chi connectivity index (χ2v) is 4.27. The number of hydrogen-bond acceptors (Lipinski definition) is 2. The second kappa shape index (κ2) is 5.04. The van der Waals surface area contributed by atoms with Gasteiger partial charge in [-0.1, -0.05) is 13.0 Å². The van der Waals surface area contributed by atoms with Crippen molar-refractivity contribution in [3.05, 3.63) is 41.6 Å². The first-order chi connectivity index (χ1) is 8.63. The van der Waals surface area contributed by atoms with Crippen molar-refractivity contribution in [3.63, 3.8) is 0 Å². The molecule has 18 heavy (non-hydrogen) atoms. The van der Waals surface area contributed by atoms with Crippen molar-refractivity contribution < 1.29 is 9.90 Å². The molecule has 0 spiro atoms. The van der Waals surface area contributed by atoms with Gasteiger partial charge in [0.25, 0.3) is 0 Å². The lowest BCUT2D eigenvalue weighted by atomic mass is 10.0. The molecule has 2 rings (SSSR count). The zero-order chi connectivity index (χ0) is 13.1. The van der Waals surface area contributed by atoms with Crippen molar-refractivity contribution in [3.8, 4) is 11.3 Å². The van der Waals surface area contributed by atoms with Gasteiger partial charge in [0.1, 0.15) is 0 Å². The summed E-state index contributed by atoms with van der Waals surface area (Å²) in [4.78, 5) is 10.9. The van der Waals surface area contributed by atoms with E-state index in [0.717, 1.165) is 29.8 Å². The summed E-state index contributed by atoms with van der Waals surface area (Å²) in [6.07, 6.45) is 2.79. The van der Waals surface area contributed by atoms with E-state index in [4.69, 9.17) is 5.11 Å². The first kappa shape index (κ1) is 12.4. The van der Waals surface area contributed by atoms with Crippen LogP contribution in [0.1, 0.15) is 29.3 Å². The van der Waals surface area contributed by atoms with Gasteiger partial charge in [-0.25, -0.2) is 4.79 Å². The van der Waals surface area contributed by atoms with Gasteiger partial charge < -0.3 is 5.11 Å². The summed E-state index contributed by atoms with van der Waals surface area (Å²) in [5.41, 5.74) is 3.34. The smallest absolute Gasteiger partial charge is 0.335 e. The van der Waals surface area contributed by atoms with Crippen LogP contribution >= 0.6 is 0 Å². The summed E-state index contributed by atoms with van der Waals surface area (Å²) in [5.74, 6) is -0.897. The molecule has 4 nitrogen and oxygen atoms in total. The molecule has 94 valence electrons. The third kappa shape index (κ3) is 2.27. The Morgan fingerprint density at radius 2 is 2.17 bits per heavy atom. The zero-order valence-corrected chi connectivity index (χ0v) is 10.6. The monoisotopic (exact) mass is 244 g/mol. The third-order valence-corrected chi connectivity index (χ3v) is 2.90. The lowest BCUT2D eigenvalue weighted by Crippen LogP contribution is -2.03. The van der Waals surface area contributed by atoms with Crippen LogP contribution in [0, 0.1) is 6.92 Å². The molecule has 0 saturated heterocycles. The van der Waals surface area contributed by atoms with Gasteiger partial charge in [-0.2, -0.15) is 5.10 Å². The number of nitrogens with zero attached hydrogens (tertiary/aromatic N) is 2. The maximum absolute atomic E-state index is 10.9. The Morgan fingerprint density at radius 3 is 2.78 bits per heavy atom. The van der Waals surface area contributed by atoms with Gasteiger partial charge in [0, 0.05) is 18.3 Å². The van der Waals surface area contributed by atoms with E-state index in [9.17, 15) is 4.79 Å². The van der Waals surface area contributed by atoms with E-state index >= 15 is 0 Å². The standard InChI is InChI=1S/C14H16N2O2/c1-3-8-16-13(6-7-15-16)12-5-4-11(14(17)18)9-10(12)2/h4-7,9H,3,8H2,1-2H3,(H,17,18). The highest BCUT2D eigenvalue weighted by molar-refractivity contribution is 5.88. The molecule has 0 aliphatic rings. The molecule has 1 aromatic heterocycles. The molecule has 0 atom stereocenters. The van der Waals surface area contributed by atoms with Gasteiger partial charge >= 0.3 is 5.97 Å². The number of carboxylic acid groups (broad SMARTS) is 1. The van der Waals surface area contributed by atoms with Crippen molar-refractivity contribution in [1.29, 1.82) is 0 Å². The number of carboxylic acids is 1. The van der Waals surface area contributed by atoms with E-state index in [2.05, 4.69) is 12.0 Å². The van der Waals surface area contributed by atoms with Crippen molar-refractivity contribution in [1.82, 2.24) is 9.78 Å². The van der Waals surface area contributed by atoms with Gasteiger partial charge in [0.05, 0.1) is 11.3 Å². The Balaban J connectivity index is 2.44. The van der Waals surface area contributed by atoms with Crippen LogP contribution in [0.3, 0.4) is 0 Å². The van der Waals surface area contributed by atoms with Crippen molar-refractivity contribution >= 4 is 5.97 Å². The maximum atomic E-state index is 10.9. The van der Waals surface area contributed by atoms with E-state index < -0.39 is 5.97 Å². The molecule has 1 N–H and O–H groups in total. The number of benzene rings is 1. The van der Waals surface area contributed by atoms with E-state index in [0.29, 0.717) is 5.56 Å². The van der Waals surface area contributed by atoms with Crippen molar-refractivity contribution in [2.75, 3.05) is 0 Å². The molecule has 0 radical (unpaired) electrons. The van der Waals surface area contributed by atoms with Crippen molar-refractivity contribution in [2.24, 2.45) is 0 Å². The minimum atomic E-state index is -0.897. The molecular weight excluding hydrogens is 228 g/mol. The Hall–Kier alpha value is -2.10. The minimum absolute atomic E-state index is 0.317. The van der Waals surface area contributed by atoms with Gasteiger partial charge in [0.2, 0.25) is 0 Å². The van der Waals surface area contributed by atoms with Crippen LogP contribution in [-0.4, -0.2) is 20.9 Å². The lowest BCUT2D eigenvalue weighted by Gasteiger charge is -2.09. The van der Waals surface area contributed by atoms with E-state index in [-0.39, 0.29) is 0 Å². The summed E-state index contributed by atoms with van der Waals surface area (Å²) in [5, 5.41) is 13.2. The predicted octanol–water partition coefficient (Wildman–Crippen LogP) is 2.97. The van der Waals surface area contributed by atoms with E-state index in [1.54, 1.807) is 18.3 Å². The fourth-order valence-electron chi connectivity index (χ4n) is 2.04. The lowest BCUT2D eigenvalue weighted by molar-refractivity contribution is 0.0697. The summed E-state index contributed by atoms with van der Waals surface area (Å²) in [6, 6.07) is 7.13. The van der Waals surface area contributed by atoms with Gasteiger partial charge in [-0.15, -0.1) is 0 Å². The fraction of sp³-hybridized carbons (Fsp3) is 0.286. The average molecular weight is 244 g/mol. The molecule has 0 unspecified atom stereocenters. The number of aromatic carboxylic acids is 1. The van der Waals surface area contributed by atoms with Gasteiger partial charge in [-0.05, 0) is 37.1 Å². The molecular formula is C14H16N2O2. The first-order valence-corrected chi connectivity index (χ1v) is 5.99. The highest BCUT2D eigenvalue weighted by Crippen LogP contribution is 2.24. The Labute approximate surface area is 106 Å². The van der Waals surface area contributed by atoms with E-state index in [1.807, 2.05) is 23.7 Å². The van der Waals surface area contributed by atoms with Crippen LogP contribution in [0.25, 0.3) is 11.3 Å². The van der Waals surface area contributed by atoms with Gasteiger partial charge in [0.15, 0.2) is 0 Å². The average Bonchev–Trinajstić information content (AvgIpc) is 2.77. The number of rotatable bonds is 4. The maximum Gasteiger partial charge on any atom is 0.335 e. The van der Waals surface area contributed by atoms with Crippen LogP contribution in [-0.2, 0) is 6.54 Å². The molecule has 2 aromatic rings. The minimum Gasteiger partial charge on any atom is -0.478 e. The molecule has 0 amide bonds. The second-order valence-electron chi connectivity index (χ2n) is 4.27. The van der Waals surface area contributed by atoms with Crippen LogP contribution in [0.15, 0.2) is 30.5 Å². The van der Waals surface area contributed by atoms with Crippen molar-refractivity contribution in [2.45, 2.75) is 26.8 Å². The number of aryl methyl sites for hydroxylation is 2. The summed E-state index contributed by atoms with van der Waals surface area (Å²) in [7, 11) is 0. The van der Waals surface area contributed by atoms with E-state index in [1.165, 1.54) is 0 Å². The molecule has 1 heterocycles. The topological polar surface area (TPSA) is 55.1 Å². The molecule has 0 aliphatic heterocycles. The highest BCUT2D eigenvalue weighted by atomic mass is 16.4. The number of aromatic nitrogens is 2. The summed E-state index contributed by atoms with van der Waals surface area (Å²) in [6.45, 7) is 4.89. The predicted molar refractivity (Wildman–Crippen MR) is 69.7 cm³/mol. The SMILES string of the molecule is CCCn1nccc1-c1ccc(C(=O)O)cc1C. The first-order valence-electron chi connectivity index (χ1n) is 5.99. The van der Waals surface area contributed by atoms with Crippen LogP contribution in [0.5, 0.6) is 0 Å². The summed E-state index contributed by atoms with van der Waals surface area (Å²) >= 11 is 0. The number of hydrogen-bond donors (Lipinski definition) is 1. The molecule has 1 aromatic carbocycles. The third-order valence-electron chi connectivity index (χ3n) is 2.90. The Bertz CT molecular complexity index is 573. The molecule has 4 heteroatoms. The van der Waals surface area contributed by atoms with Gasteiger partial charge in [-0.3, -0.25) is 4.68 Å². The van der Waals surface area contributed by atoms with Crippen LogP contribution in [0.2, 0.25) is 0 Å². The number of carbonyl (C=O) groups is 1. The summed E-state index contributed by atoms with van der Waals surface area (Å²) < 4.78 is 1.95. The quantitative estimate of drug-likeness (QED) is 0.899. The Morgan fingerprint density at radius 1 is 1.39 bits per heavy atom. The zero-order valence-electron chi connectivity index (χ0n) is 10.6. The molecule has 0 fully saturated rings. The molecule has 0 bridgehead atoms. The normalized spacial score (nSPS) is 10.6.